The number of amides is 1. The predicted octanol–water partition coefficient (Wildman–Crippen LogP) is 1.75. The van der Waals surface area contributed by atoms with Crippen molar-refractivity contribution in [1.29, 1.82) is 0 Å². The van der Waals surface area contributed by atoms with Crippen molar-refractivity contribution in [2.75, 3.05) is 33.3 Å². The summed E-state index contributed by atoms with van der Waals surface area (Å²) in [6.45, 7) is 4.68. The number of hydrogen-bond acceptors (Lipinski definition) is 6. The molecule has 1 fully saturated rings. The van der Waals surface area contributed by atoms with Gasteiger partial charge in [-0.3, -0.25) is 9.69 Å². The van der Waals surface area contributed by atoms with Gasteiger partial charge in [0.1, 0.15) is 11.6 Å². The Morgan fingerprint density at radius 3 is 2.59 bits per heavy atom. The number of carbonyl (C=O) groups excluding carboxylic acids is 2. The van der Waals surface area contributed by atoms with Crippen LogP contribution < -0.4 is 0 Å². The Bertz CT molecular complexity index is 886. The summed E-state index contributed by atoms with van der Waals surface area (Å²) in [5.74, 6) is 1.66. The van der Waals surface area contributed by atoms with Crippen molar-refractivity contribution in [2.45, 2.75) is 38.8 Å². The third kappa shape index (κ3) is 4.32. The third-order valence-electron chi connectivity index (χ3n) is 5.74. The van der Waals surface area contributed by atoms with Gasteiger partial charge >= 0.3 is 5.97 Å². The highest BCUT2D eigenvalue weighted by molar-refractivity contribution is 5.98. The Morgan fingerprint density at radius 2 is 1.79 bits per heavy atom. The van der Waals surface area contributed by atoms with Gasteiger partial charge in [0.05, 0.1) is 19.2 Å². The lowest BCUT2D eigenvalue weighted by molar-refractivity contribution is 0.0600. The standard InChI is InChI=1S/C21H27N5O3/c1-29-21(28)17-7-5-6-16(14-17)20(27)25-12-10-24(11-13-25)15-19-23-22-18-8-3-2-4-9-26(18)19/h5-7,14H,2-4,8-13,15H2,1H3. The molecule has 154 valence electrons. The molecule has 0 atom stereocenters. The molecule has 2 aliphatic rings. The fourth-order valence-corrected chi connectivity index (χ4v) is 4.05. The molecular weight excluding hydrogens is 370 g/mol. The highest BCUT2D eigenvalue weighted by Gasteiger charge is 2.24. The maximum atomic E-state index is 12.8. The van der Waals surface area contributed by atoms with Crippen molar-refractivity contribution in [3.8, 4) is 0 Å². The number of fused-ring (bicyclic) bond motifs is 1. The molecule has 1 aromatic carbocycles. The van der Waals surface area contributed by atoms with E-state index in [4.69, 9.17) is 4.74 Å². The van der Waals surface area contributed by atoms with E-state index in [1.54, 1.807) is 24.3 Å². The number of hydrogen-bond donors (Lipinski definition) is 0. The maximum Gasteiger partial charge on any atom is 0.337 e. The number of esters is 1. The molecule has 29 heavy (non-hydrogen) atoms. The smallest absolute Gasteiger partial charge is 0.337 e. The summed E-state index contributed by atoms with van der Waals surface area (Å²) in [7, 11) is 1.34. The van der Waals surface area contributed by atoms with Gasteiger partial charge in [-0.2, -0.15) is 0 Å². The molecule has 0 spiro atoms. The lowest BCUT2D eigenvalue weighted by Gasteiger charge is -2.34. The van der Waals surface area contributed by atoms with Crippen LogP contribution in [-0.2, 0) is 24.2 Å². The van der Waals surface area contributed by atoms with Gasteiger partial charge in [-0.15, -0.1) is 10.2 Å². The first-order valence-electron chi connectivity index (χ1n) is 10.3. The lowest BCUT2D eigenvalue weighted by atomic mass is 10.1. The molecular formula is C21H27N5O3. The first-order valence-corrected chi connectivity index (χ1v) is 10.3. The first-order chi connectivity index (χ1) is 14.2. The summed E-state index contributed by atoms with van der Waals surface area (Å²) in [4.78, 5) is 28.7. The number of benzene rings is 1. The van der Waals surface area contributed by atoms with E-state index in [9.17, 15) is 9.59 Å². The number of aromatic nitrogens is 3. The van der Waals surface area contributed by atoms with Gasteiger partial charge < -0.3 is 14.2 Å². The van der Waals surface area contributed by atoms with Crippen molar-refractivity contribution < 1.29 is 14.3 Å². The summed E-state index contributed by atoms with van der Waals surface area (Å²) in [6, 6.07) is 6.72. The van der Waals surface area contributed by atoms with E-state index >= 15 is 0 Å². The molecule has 0 N–H and O–H groups in total. The van der Waals surface area contributed by atoms with Crippen LogP contribution in [0.25, 0.3) is 0 Å². The van der Waals surface area contributed by atoms with Crippen LogP contribution in [0.3, 0.4) is 0 Å². The number of ether oxygens (including phenoxy) is 1. The monoisotopic (exact) mass is 397 g/mol. The molecule has 8 nitrogen and oxygen atoms in total. The summed E-state index contributed by atoms with van der Waals surface area (Å²) < 4.78 is 7.02. The molecule has 0 saturated carbocycles. The van der Waals surface area contributed by atoms with Crippen LogP contribution in [-0.4, -0.2) is 69.7 Å². The Labute approximate surface area is 170 Å². The molecule has 3 heterocycles. The summed E-state index contributed by atoms with van der Waals surface area (Å²) in [6.07, 6.45) is 4.64. The number of piperazine rings is 1. The van der Waals surface area contributed by atoms with Crippen LogP contribution in [0.5, 0.6) is 0 Å². The zero-order chi connectivity index (χ0) is 20.2. The van der Waals surface area contributed by atoms with Gasteiger partial charge in [0, 0.05) is 44.7 Å². The van der Waals surface area contributed by atoms with Gasteiger partial charge in [-0.25, -0.2) is 4.79 Å². The van der Waals surface area contributed by atoms with Gasteiger partial charge in [0.2, 0.25) is 0 Å². The van der Waals surface area contributed by atoms with E-state index in [0.29, 0.717) is 24.2 Å². The minimum Gasteiger partial charge on any atom is -0.465 e. The van der Waals surface area contributed by atoms with Gasteiger partial charge in [-0.1, -0.05) is 12.5 Å². The topological polar surface area (TPSA) is 80.6 Å². The van der Waals surface area contributed by atoms with Crippen LogP contribution >= 0.6 is 0 Å². The second kappa shape index (κ2) is 8.73. The number of methoxy groups -OCH3 is 1. The Kier molecular flexibility index (Phi) is 5.89. The minimum atomic E-state index is -0.433. The second-order valence-corrected chi connectivity index (χ2v) is 7.64. The zero-order valence-corrected chi connectivity index (χ0v) is 16.8. The summed E-state index contributed by atoms with van der Waals surface area (Å²) in [5, 5.41) is 8.80. The van der Waals surface area contributed by atoms with Gasteiger partial charge in [-0.05, 0) is 31.0 Å². The number of aryl methyl sites for hydroxylation is 1. The predicted molar refractivity (Wildman–Crippen MR) is 107 cm³/mol. The molecule has 8 heteroatoms. The normalized spacial score (nSPS) is 17.5. The average Bonchev–Trinajstić information content (AvgIpc) is 2.98. The average molecular weight is 397 g/mol. The van der Waals surface area contributed by atoms with Gasteiger partial charge in [0.15, 0.2) is 0 Å². The second-order valence-electron chi connectivity index (χ2n) is 7.64. The number of carbonyl (C=O) groups is 2. The lowest BCUT2D eigenvalue weighted by Crippen LogP contribution is -2.48. The van der Waals surface area contributed by atoms with Crippen molar-refractivity contribution >= 4 is 11.9 Å². The first kappa shape index (κ1) is 19.6. The van der Waals surface area contributed by atoms with E-state index < -0.39 is 5.97 Å². The summed E-state index contributed by atoms with van der Waals surface area (Å²) in [5.41, 5.74) is 0.911. The quantitative estimate of drug-likeness (QED) is 0.732. The minimum absolute atomic E-state index is 0.0493. The third-order valence-corrected chi connectivity index (χ3v) is 5.74. The molecule has 0 radical (unpaired) electrons. The Morgan fingerprint density at radius 1 is 1.00 bits per heavy atom. The van der Waals surface area contributed by atoms with Crippen LogP contribution in [0.15, 0.2) is 24.3 Å². The summed E-state index contributed by atoms with van der Waals surface area (Å²) >= 11 is 0. The fraction of sp³-hybridized carbons (Fsp3) is 0.524. The molecule has 1 aromatic heterocycles. The molecule has 2 aromatic rings. The highest BCUT2D eigenvalue weighted by Crippen LogP contribution is 2.17. The molecule has 2 aliphatic heterocycles. The van der Waals surface area contributed by atoms with E-state index in [-0.39, 0.29) is 5.91 Å². The molecule has 1 amide bonds. The van der Waals surface area contributed by atoms with Crippen molar-refractivity contribution in [3.63, 3.8) is 0 Å². The molecule has 1 saturated heterocycles. The fourth-order valence-electron chi connectivity index (χ4n) is 4.05. The zero-order valence-electron chi connectivity index (χ0n) is 16.8. The molecule has 0 unspecified atom stereocenters. The van der Waals surface area contributed by atoms with Gasteiger partial charge in [0.25, 0.3) is 5.91 Å². The van der Waals surface area contributed by atoms with E-state index in [2.05, 4.69) is 19.7 Å². The van der Waals surface area contributed by atoms with Crippen LogP contribution in [0, 0.1) is 0 Å². The number of nitrogens with zero attached hydrogens (tertiary/aromatic N) is 5. The maximum absolute atomic E-state index is 12.8. The Hall–Kier alpha value is -2.74. The van der Waals surface area contributed by atoms with E-state index in [1.165, 1.54) is 26.4 Å². The van der Waals surface area contributed by atoms with Crippen molar-refractivity contribution in [3.05, 3.63) is 47.0 Å². The van der Waals surface area contributed by atoms with Crippen molar-refractivity contribution in [2.24, 2.45) is 0 Å². The Balaban J connectivity index is 1.36. The van der Waals surface area contributed by atoms with E-state index in [0.717, 1.165) is 44.2 Å². The van der Waals surface area contributed by atoms with Crippen molar-refractivity contribution in [1.82, 2.24) is 24.6 Å². The van der Waals surface area contributed by atoms with E-state index in [1.807, 2.05) is 4.90 Å². The largest absolute Gasteiger partial charge is 0.465 e. The number of rotatable bonds is 4. The molecule has 0 aliphatic carbocycles. The molecule has 0 bridgehead atoms. The van der Waals surface area contributed by atoms with Crippen LogP contribution in [0.1, 0.15) is 51.6 Å². The van der Waals surface area contributed by atoms with Crippen LogP contribution in [0.2, 0.25) is 0 Å². The molecule has 4 rings (SSSR count). The SMILES string of the molecule is COC(=O)c1cccc(C(=O)N2CCN(Cc3nnc4n3CCCCC4)CC2)c1. The van der Waals surface area contributed by atoms with Crippen LogP contribution in [0.4, 0.5) is 0 Å². The highest BCUT2D eigenvalue weighted by atomic mass is 16.5.